The molecule has 0 aliphatic heterocycles. The third-order valence-corrected chi connectivity index (χ3v) is 4.60. The minimum absolute atomic E-state index is 0.124. The van der Waals surface area contributed by atoms with E-state index in [0.29, 0.717) is 11.3 Å². The van der Waals surface area contributed by atoms with E-state index in [-0.39, 0.29) is 12.2 Å². The Bertz CT molecular complexity index is 1290. The Kier molecular flexibility index (Phi) is 5.24. The summed E-state index contributed by atoms with van der Waals surface area (Å²) >= 11 is 0. The molecule has 3 aromatic heterocycles. The number of nitrogens with zero attached hydrogens (tertiary/aromatic N) is 6. The van der Waals surface area contributed by atoms with Crippen molar-refractivity contribution in [2.24, 2.45) is 7.05 Å². The number of nitro groups is 1. The number of nitrogens with one attached hydrogen (secondary N) is 1. The minimum atomic E-state index is -1.39. The number of carbonyl (C=O) groups is 1. The van der Waals surface area contributed by atoms with Gasteiger partial charge in [-0.05, 0) is 29.8 Å². The lowest BCUT2D eigenvalue weighted by Crippen LogP contribution is -2.42. The molecule has 3 heterocycles. The van der Waals surface area contributed by atoms with E-state index in [9.17, 15) is 20.0 Å². The maximum atomic E-state index is 12.0. The molecule has 0 aliphatic carbocycles. The number of rotatable bonds is 6. The van der Waals surface area contributed by atoms with Crippen LogP contribution >= 0.6 is 0 Å². The molecular formula is C20H17N7O4. The molecule has 4 aromatic rings. The van der Waals surface area contributed by atoms with Crippen LogP contribution in [-0.2, 0) is 13.6 Å². The monoisotopic (exact) mass is 419 g/mol. The third kappa shape index (κ3) is 4.16. The van der Waals surface area contributed by atoms with Gasteiger partial charge < -0.3 is 5.11 Å². The molecule has 0 spiro atoms. The largest absolute Gasteiger partial charge is 0.464 e. The number of amides is 1. The van der Waals surface area contributed by atoms with Crippen LogP contribution < -0.4 is 10.4 Å². The van der Waals surface area contributed by atoms with Gasteiger partial charge in [-0.2, -0.15) is 5.10 Å². The van der Waals surface area contributed by atoms with E-state index in [2.05, 4.69) is 20.5 Å². The van der Waals surface area contributed by atoms with Crippen LogP contribution in [0.25, 0.3) is 22.2 Å². The third-order valence-electron chi connectivity index (χ3n) is 4.60. The van der Waals surface area contributed by atoms with Gasteiger partial charge in [-0.1, -0.05) is 12.1 Å². The number of aryl methyl sites for hydroxylation is 1. The van der Waals surface area contributed by atoms with Gasteiger partial charge in [-0.25, -0.2) is 20.2 Å². The molecule has 2 N–H and O–H groups in total. The van der Waals surface area contributed by atoms with E-state index in [1.54, 1.807) is 30.3 Å². The number of anilines is 1. The molecule has 11 heteroatoms. The highest BCUT2D eigenvalue weighted by Gasteiger charge is 2.26. The number of fused-ring (bicyclic) bond motifs is 1. The Morgan fingerprint density at radius 1 is 1.26 bits per heavy atom. The average molecular weight is 419 g/mol. The highest BCUT2D eigenvalue weighted by atomic mass is 16.6. The second kappa shape index (κ2) is 8.16. The summed E-state index contributed by atoms with van der Waals surface area (Å²) in [4.78, 5) is 31.1. The van der Waals surface area contributed by atoms with E-state index >= 15 is 0 Å². The molecule has 1 amide bonds. The zero-order chi connectivity index (χ0) is 22.0. The Morgan fingerprint density at radius 2 is 2.10 bits per heavy atom. The maximum absolute atomic E-state index is 12.0. The second-order valence-electron chi connectivity index (χ2n) is 6.70. The number of aromatic nitrogens is 4. The summed E-state index contributed by atoms with van der Waals surface area (Å²) in [5.41, 5.74) is 4.73. The zero-order valence-electron chi connectivity index (χ0n) is 16.3. The van der Waals surface area contributed by atoms with Crippen LogP contribution in [0.2, 0.25) is 0 Å². The molecule has 0 fully saturated rings. The van der Waals surface area contributed by atoms with Gasteiger partial charge in [0.15, 0.2) is 0 Å². The van der Waals surface area contributed by atoms with Crippen molar-refractivity contribution >= 4 is 28.4 Å². The fraction of sp³-hybridized carbons (Fsp3) is 0.100. The first-order chi connectivity index (χ1) is 14.9. The van der Waals surface area contributed by atoms with E-state index in [1.807, 2.05) is 30.3 Å². The number of carboxylic acid groups (broad SMARTS) is 1. The van der Waals surface area contributed by atoms with Gasteiger partial charge in [0.05, 0.1) is 22.3 Å². The first kappa shape index (κ1) is 19.9. The van der Waals surface area contributed by atoms with Crippen LogP contribution in [0, 0.1) is 10.1 Å². The first-order valence-electron chi connectivity index (χ1n) is 9.16. The topological polar surface area (TPSA) is 139 Å². The van der Waals surface area contributed by atoms with Crippen LogP contribution in [0.5, 0.6) is 0 Å². The highest BCUT2D eigenvalue weighted by molar-refractivity contribution is 5.89. The average Bonchev–Trinajstić information content (AvgIpc) is 3.19. The Balaban J connectivity index is 1.67. The molecule has 0 saturated carbocycles. The molecule has 1 aromatic carbocycles. The van der Waals surface area contributed by atoms with E-state index in [0.717, 1.165) is 27.7 Å². The van der Waals surface area contributed by atoms with E-state index in [1.165, 1.54) is 6.07 Å². The van der Waals surface area contributed by atoms with E-state index in [4.69, 9.17) is 0 Å². The van der Waals surface area contributed by atoms with Crippen LogP contribution in [0.3, 0.4) is 0 Å². The molecule has 31 heavy (non-hydrogen) atoms. The molecule has 0 radical (unpaired) electrons. The van der Waals surface area contributed by atoms with Crippen LogP contribution in [-0.4, -0.2) is 35.9 Å². The van der Waals surface area contributed by atoms with Crippen molar-refractivity contribution in [3.8, 4) is 11.3 Å². The van der Waals surface area contributed by atoms with Gasteiger partial charge >= 0.3 is 11.8 Å². The number of hydrogen-bond acceptors (Lipinski definition) is 7. The van der Waals surface area contributed by atoms with Crippen molar-refractivity contribution in [3.05, 3.63) is 76.9 Å². The summed E-state index contributed by atoms with van der Waals surface area (Å²) in [6, 6.07) is 10.6. The molecule has 0 bridgehead atoms. The summed E-state index contributed by atoms with van der Waals surface area (Å²) in [6.07, 6.45) is 4.55. The Labute approximate surface area is 175 Å². The zero-order valence-corrected chi connectivity index (χ0v) is 16.3. The van der Waals surface area contributed by atoms with Crippen LogP contribution in [0.4, 0.5) is 16.2 Å². The van der Waals surface area contributed by atoms with Crippen molar-refractivity contribution in [3.63, 3.8) is 0 Å². The van der Waals surface area contributed by atoms with Crippen LogP contribution in [0.15, 0.2) is 61.2 Å². The number of hydrazine groups is 1. The van der Waals surface area contributed by atoms with Crippen molar-refractivity contribution in [1.29, 1.82) is 0 Å². The fourth-order valence-corrected chi connectivity index (χ4v) is 3.13. The molecule has 0 aliphatic rings. The van der Waals surface area contributed by atoms with Crippen molar-refractivity contribution in [1.82, 2.24) is 25.2 Å². The summed E-state index contributed by atoms with van der Waals surface area (Å²) in [5.74, 6) is 0. The molecule has 0 atom stereocenters. The Hall–Kier alpha value is -4.38. The lowest BCUT2D eigenvalue weighted by Gasteiger charge is -2.20. The van der Waals surface area contributed by atoms with Gasteiger partial charge in [0, 0.05) is 36.9 Å². The molecule has 11 nitrogen and oxygen atoms in total. The number of hydrogen-bond donors (Lipinski definition) is 2. The van der Waals surface area contributed by atoms with Crippen molar-refractivity contribution < 1.29 is 14.8 Å². The minimum Gasteiger partial charge on any atom is -0.464 e. The second-order valence-corrected chi connectivity index (χ2v) is 6.70. The Morgan fingerprint density at radius 3 is 2.81 bits per heavy atom. The standard InChI is InChI=1S/C20H17N7O4/c1-25-12-15(10-23-25)17-8-18(19(11-22-17)27(30)31)26(20(28)29)24-9-13-4-5-16-14(7-13)3-2-6-21-16/h2-8,10-12,24H,9H2,1H3,(H,28,29). The quantitative estimate of drug-likeness (QED) is 0.359. The smallest absolute Gasteiger partial charge is 0.426 e. The highest BCUT2D eigenvalue weighted by Crippen LogP contribution is 2.31. The van der Waals surface area contributed by atoms with Gasteiger partial charge in [0.2, 0.25) is 0 Å². The number of pyridine rings is 2. The molecular weight excluding hydrogens is 402 g/mol. The summed E-state index contributed by atoms with van der Waals surface area (Å²) in [7, 11) is 1.72. The maximum Gasteiger partial charge on any atom is 0.426 e. The lowest BCUT2D eigenvalue weighted by molar-refractivity contribution is -0.384. The molecule has 156 valence electrons. The van der Waals surface area contributed by atoms with Gasteiger partial charge in [-0.3, -0.25) is 19.8 Å². The molecule has 0 saturated heterocycles. The van der Waals surface area contributed by atoms with E-state index < -0.39 is 16.7 Å². The van der Waals surface area contributed by atoms with Crippen molar-refractivity contribution in [2.75, 3.05) is 5.01 Å². The summed E-state index contributed by atoms with van der Waals surface area (Å²) < 4.78 is 1.56. The fourth-order valence-electron chi connectivity index (χ4n) is 3.13. The lowest BCUT2D eigenvalue weighted by atomic mass is 10.1. The first-order valence-corrected chi connectivity index (χ1v) is 9.16. The molecule has 0 unspecified atom stereocenters. The summed E-state index contributed by atoms with van der Waals surface area (Å²) in [6.45, 7) is 0.124. The predicted molar refractivity (Wildman–Crippen MR) is 112 cm³/mol. The normalized spacial score (nSPS) is 10.9. The SMILES string of the molecule is Cn1cc(-c2cc(N(NCc3ccc4ncccc4c3)C(=O)O)c([N+](=O)[O-])cn2)cn1. The van der Waals surface area contributed by atoms with Gasteiger partial charge in [0.1, 0.15) is 11.9 Å². The van der Waals surface area contributed by atoms with Crippen molar-refractivity contribution in [2.45, 2.75) is 6.54 Å². The summed E-state index contributed by atoms with van der Waals surface area (Å²) in [5, 5.41) is 26.9. The van der Waals surface area contributed by atoms with Crippen LogP contribution in [0.1, 0.15) is 5.56 Å². The van der Waals surface area contributed by atoms with Gasteiger partial charge in [0.25, 0.3) is 0 Å². The predicted octanol–water partition coefficient (Wildman–Crippen LogP) is 3.13. The number of benzene rings is 1. The van der Waals surface area contributed by atoms with Gasteiger partial charge in [-0.15, -0.1) is 0 Å². The molecule has 4 rings (SSSR count).